The van der Waals surface area contributed by atoms with Gasteiger partial charge in [0.25, 0.3) is 0 Å². The van der Waals surface area contributed by atoms with Gasteiger partial charge in [0, 0.05) is 12.1 Å². The van der Waals surface area contributed by atoms with Crippen molar-refractivity contribution in [2.75, 3.05) is 6.54 Å². The van der Waals surface area contributed by atoms with Gasteiger partial charge >= 0.3 is 5.97 Å². The maximum absolute atomic E-state index is 12.2. The number of sulfonamides is 1. The molecule has 0 aliphatic heterocycles. The summed E-state index contributed by atoms with van der Waals surface area (Å²) in [7, 11) is -3.73. The largest absolute Gasteiger partial charge is 0.457 e. The third kappa shape index (κ3) is 4.76. The zero-order chi connectivity index (χ0) is 18.3. The molecule has 0 radical (unpaired) electrons. The minimum Gasteiger partial charge on any atom is -0.457 e. The van der Waals surface area contributed by atoms with E-state index in [2.05, 4.69) is 11.3 Å². The second-order valence-corrected chi connectivity index (χ2v) is 6.78. The number of benzene rings is 2. The molecule has 7 heteroatoms. The van der Waals surface area contributed by atoms with Crippen LogP contribution in [-0.2, 0) is 21.4 Å². The molecular formula is C18H16N2O4S. The minimum atomic E-state index is -3.73. The standard InChI is InChI=1S/C18H16N2O4S/c1-2-10-20-25(22,23)17-9-5-8-14(11-17)18(21)24-13-16-7-4-3-6-15(16)12-19/h2-9,11,20H,1,10,13H2. The van der Waals surface area contributed by atoms with Crippen LogP contribution in [0.1, 0.15) is 21.5 Å². The summed E-state index contributed by atoms with van der Waals surface area (Å²) in [4.78, 5) is 12.1. The van der Waals surface area contributed by atoms with Crippen LogP contribution in [0, 0.1) is 11.3 Å². The highest BCUT2D eigenvalue weighted by Crippen LogP contribution is 2.14. The number of rotatable bonds is 7. The topological polar surface area (TPSA) is 96.3 Å². The molecule has 2 aromatic carbocycles. The van der Waals surface area contributed by atoms with Gasteiger partial charge in [-0.3, -0.25) is 0 Å². The Morgan fingerprint density at radius 2 is 2.00 bits per heavy atom. The molecule has 0 spiro atoms. The van der Waals surface area contributed by atoms with Crippen LogP contribution in [0.3, 0.4) is 0 Å². The molecule has 128 valence electrons. The zero-order valence-corrected chi connectivity index (χ0v) is 14.1. The molecule has 1 N–H and O–H groups in total. The van der Waals surface area contributed by atoms with Gasteiger partial charge in [0.2, 0.25) is 10.0 Å². The Bertz CT molecular complexity index is 930. The quantitative estimate of drug-likeness (QED) is 0.607. The van der Waals surface area contributed by atoms with Crippen molar-refractivity contribution in [3.05, 3.63) is 77.9 Å². The first kappa shape index (κ1) is 18.4. The minimum absolute atomic E-state index is 0.0405. The highest BCUT2D eigenvalue weighted by Gasteiger charge is 2.16. The summed E-state index contributed by atoms with van der Waals surface area (Å²) in [5.41, 5.74) is 1.10. The highest BCUT2D eigenvalue weighted by atomic mass is 32.2. The number of carbonyl (C=O) groups excluding carboxylic acids is 1. The number of hydrogen-bond donors (Lipinski definition) is 1. The fraction of sp³-hybridized carbons (Fsp3) is 0.111. The summed E-state index contributed by atoms with van der Waals surface area (Å²) >= 11 is 0. The van der Waals surface area contributed by atoms with Crippen LogP contribution in [0.25, 0.3) is 0 Å². The van der Waals surface area contributed by atoms with Crippen LogP contribution in [-0.4, -0.2) is 20.9 Å². The van der Waals surface area contributed by atoms with Crippen molar-refractivity contribution < 1.29 is 17.9 Å². The Balaban J connectivity index is 2.14. The summed E-state index contributed by atoms with van der Waals surface area (Å²) in [6.45, 7) is 3.46. The van der Waals surface area contributed by atoms with Crippen molar-refractivity contribution in [2.24, 2.45) is 0 Å². The van der Waals surface area contributed by atoms with Crippen molar-refractivity contribution in [2.45, 2.75) is 11.5 Å². The van der Waals surface area contributed by atoms with Crippen molar-refractivity contribution in [3.63, 3.8) is 0 Å². The molecule has 25 heavy (non-hydrogen) atoms. The lowest BCUT2D eigenvalue weighted by atomic mass is 10.1. The zero-order valence-electron chi connectivity index (χ0n) is 13.3. The maximum atomic E-state index is 12.2. The molecule has 6 nitrogen and oxygen atoms in total. The summed E-state index contributed by atoms with van der Waals surface area (Å²) in [6, 6.07) is 14.3. The van der Waals surface area contributed by atoms with Crippen molar-refractivity contribution in [3.8, 4) is 6.07 Å². The number of hydrogen-bond acceptors (Lipinski definition) is 5. The molecule has 0 amide bonds. The van der Waals surface area contributed by atoms with Crippen LogP contribution in [0.4, 0.5) is 0 Å². The first-order chi connectivity index (χ1) is 12.0. The first-order valence-corrected chi connectivity index (χ1v) is 8.82. The normalized spacial score (nSPS) is 10.7. The van der Waals surface area contributed by atoms with Gasteiger partial charge in [0.05, 0.1) is 22.1 Å². The molecular weight excluding hydrogens is 340 g/mol. The lowest BCUT2D eigenvalue weighted by Crippen LogP contribution is -2.23. The van der Waals surface area contributed by atoms with E-state index in [0.29, 0.717) is 11.1 Å². The third-order valence-corrected chi connectivity index (χ3v) is 4.72. The van der Waals surface area contributed by atoms with Gasteiger partial charge in [-0.2, -0.15) is 5.26 Å². The van der Waals surface area contributed by atoms with Gasteiger partial charge in [-0.05, 0) is 24.3 Å². The molecule has 0 heterocycles. The number of nitriles is 1. The van der Waals surface area contributed by atoms with Crippen LogP contribution in [0.15, 0.2) is 66.1 Å². The Kier molecular flexibility index (Phi) is 6.06. The fourth-order valence-electron chi connectivity index (χ4n) is 2.02. The average Bonchev–Trinajstić information content (AvgIpc) is 2.64. The predicted molar refractivity (Wildman–Crippen MR) is 92.1 cm³/mol. The molecule has 0 aliphatic rings. The van der Waals surface area contributed by atoms with E-state index < -0.39 is 16.0 Å². The van der Waals surface area contributed by atoms with Gasteiger partial charge in [0.15, 0.2) is 0 Å². The van der Waals surface area contributed by atoms with Crippen LogP contribution in [0.2, 0.25) is 0 Å². The third-order valence-electron chi connectivity index (χ3n) is 3.29. The van der Waals surface area contributed by atoms with Crippen molar-refractivity contribution >= 4 is 16.0 Å². The van der Waals surface area contributed by atoms with E-state index in [1.165, 1.54) is 30.3 Å². The maximum Gasteiger partial charge on any atom is 0.338 e. The SMILES string of the molecule is C=CCNS(=O)(=O)c1cccc(C(=O)OCc2ccccc2C#N)c1. The van der Waals surface area contributed by atoms with Crippen LogP contribution in [0.5, 0.6) is 0 Å². The van der Waals surface area contributed by atoms with Gasteiger partial charge in [-0.1, -0.05) is 30.3 Å². The van der Waals surface area contributed by atoms with Gasteiger partial charge < -0.3 is 4.74 Å². The molecule has 0 atom stereocenters. The molecule has 0 aromatic heterocycles. The van der Waals surface area contributed by atoms with E-state index in [1.807, 2.05) is 6.07 Å². The summed E-state index contributed by atoms with van der Waals surface area (Å²) < 4.78 is 31.7. The monoisotopic (exact) mass is 356 g/mol. The summed E-state index contributed by atoms with van der Waals surface area (Å²) in [5.74, 6) is -0.673. The second-order valence-electron chi connectivity index (χ2n) is 5.01. The second kappa shape index (κ2) is 8.24. The first-order valence-electron chi connectivity index (χ1n) is 7.33. The Morgan fingerprint density at radius 1 is 1.24 bits per heavy atom. The average molecular weight is 356 g/mol. The van der Waals surface area contributed by atoms with Gasteiger partial charge in [-0.25, -0.2) is 17.9 Å². The summed E-state index contributed by atoms with van der Waals surface area (Å²) in [6.07, 6.45) is 1.42. The molecule has 0 fully saturated rings. The number of nitrogens with zero attached hydrogens (tertiary/aromatic N) is 1. The molecule has 0 aliphatic carbocycles. The number of nitrogens with one attached hydrogen (secondary N) is 1. The number of carbonyl (C=O) groups is 1. The van der Waals surface area contributed by atoms with E-state index in [0.717, 1.165) is 0 Å². The van der Waals surface area contributed by atoms with E-state index >= 15 is 0 Å². The molecule has 0 unspecified atom stereocenters. The number of esters is 1. The Hall–Kier alpha value is -2.95. The molecule has 2 aromatic rings. The lowest BCUT2D eigenvalue weighted by molar-refractivity contribution is 0.0472. The highest BCUT2D eigenvalue weighted by molar-refractivity contribution is 7.89. The predicted octanol–water partition coefficient (Wildman–Crippen LogP) is 2.38. The lowest BCUT2D eigenvalue weighted by Gasteiger charge is -2.08. The molecule has 0 bridgehead atoms. The van der Waals surface area contributed by atoms with Gasteiger partial charge in [0.1, 0.15) is 6.61 Å². The van der Waals surface area contributed by atoms with E-state index in [9.17, 15) is 13.2 Å². The molecule has 0 saturated heterocycles. The van der Waals surface area contributed by atoms with Crippen molar-refractivity contribution in [1.82, 2.24) is 4.72 Å². The van der Waals surface area contributed by atoms with E-state index in [1.54, 1.807) is 24.3 Å². The smallest absolute Gasteiger partial charge is 0.338 e. The van der Waals surface area contributed by atoms with Crippen LogP contribution >= 0.6 is 0 Å². The molecule has 2 rings (SSSR count). The van der Waals surface area contributed by atoms with Crippen LogP contribution < -0.4 is 4.72 Å². The number of ether oxygens (including phenoxy) is 1. The van der Waals surface area contributed by atoms with Gasteiger partial charge in [-0.15, -0.1) is 6.58 Å². The van der Waals surface area contributed by atoms with Crippen molar-refractivity contribution in [1.29, 1.82) is 5.26 Å². The Labute approximate surface area is 146 Å². The fourth-order valence-corrected chi connectivity index (χ4v) is 3.07. The van der Waals surface area contributed by atoms with E-state index in [4.69, 9.17) is 10.00 Å². The Morgan fingerprint density at radius 3 is 2.72 bits per heavy atom. The van der Waals surface area contributed by atoms with E-state index in [-0.39, 0.29) is 23.6 Å². The molecule has 0 saturated carbocycles. The summed E-state index contributed by atoms with van der Waals surface area (Å²) in [5, 5.41) is 9.03.